The number of rotatable bonds is 0. The Labute approximate surface area is 74.3 Å². The van der Waals surface area contributed by atoms with Gasteiger partial charge >= 0.3 is 16.5 Å². The standard InChI is InChI=1S/CH2Cl2.2HO3P/c2-1-3;2*1-4(2)3/h1H2;2*(H-,1,2,3)/p+2. The maximum Gasteiger partial charge on any atom is 0.692 e. The second-order valence-corrected chi connectivity index (χ2v) is 2.43. The van der Waals surface area contributed by atoms with Crippen molar-refractivity contribution < 1.29 is 28.7 Å². The first kappa shape index (κ1) is 17.6. The van der Waals surface area contributed by atoms with E-state index in [9.17, 15) is 0 Å². The largest absolute Gasteiger partial charge is 0.692 e. The highest BCUT2D eigenvalue weighted by Crippen LogP contribution is 1.98. The summed E-state index contributed by atoms with van der Waals surface area (Å²) in [5.74, 6) is 0. The van der Waals surface area contributed by atoms with Gasteiger partial charge in [0, 0.05) is 9.13 Å². The second kappa shape index (κ2) is 16.9. The minimum atomic E-state index is -2.87. The van der Waals surface area contributed by atoms with E-state index in [4.69, 9.17) is 51.9 Å². The summed E-state index contributed by atoms with van der Waals surface area (Å²) in [5, 5.41) is 0.194. The van der Waals surface area contributed by atoms with Gasteiger partial charge in [-0.1, -0.05) is 0 Å². The van der Waals surface area contributed by atoms with Crippen molar-refractivity contribution in [3.63, 3.8) is 0 Å². The van der Waals surface area contributed by atoms with Gasteiger partial charge in [0.15, 0.2) is 0 Å². The lowest BCUT2D eigenvalue weighted by molar-refractivity contribution is 0.403. The number of alkyl halides is 2. The normalized spacial score (nSPS) is 6.36. The molecule has 0 fully saturated rings. The highest BCUT2D eigenvalue weighted by Gasteiger charge is 1.93. The Morgan fingerprint density at radius 2 is 0.909 bits per heavy atom. The van der Waals surface area contributed by atoms with Gasteiger partial charge in [-0.3, -0.25) is 0 Å². The molecule has 0 aliphatic heterocycles. The molecule has 0 aromatic heterocycles. The lowest BCUT2D eigenvalue weighted by Gasteiger charge is -1.42. The number of halogens is 2. The fourth-order valence-electron chi connectivity index (χ4n) is 0. The van der Waals surface area contributed by atoms with Crippen molar-refractivity contribution in [2.75, 3.05) is 5.34 Å². The molecule has 11 heavy (non-hydrogen) atoms. The van der Waals surface area contributed by atoms with Crippen LogP contribution in [-0.2, 0) is 9.13 Å². The average Bonchev–Trinajstić information content (AvgIpc) is 1.60. The highest BCUT2D eigenvalue weighted by atomic mass is 35.5. The molecular formula is CH6Cl2O6P2+2. The Morgan fingerprint density at radius 1 is 0.909 bits per heavy atom. The van der Waals surface area contributed by atoms with Crippen LogP contribution in [0.2, 0.25) is 0 Å². The van der Waals surface area contributed by atoms with Crippen LogP contribution < -0.4 is 0 Å². The Morgan fingerprint density at radius 3 is 0.909 bits per heavy atom. The predicted molar refractivity (Wildman–Crippen MR) is 40.7 cm³/mol. The maximum atomic E-state index is 8.70. The smallest absolute Gasteiger partial charge is 0.134 e. The van der Waals surface area contributed by atoms with E-state index in [1.807, 2.05) is 0 Å². The minimum Gasteiger partial charge on any atom is -0.134 e. The molecule has 0 amide bonds. The first-order valence-corrected chi connectivity index (χ1v) is 5.10. The molecule has 0 aliphatic rings. The fraction of sp³-hybridized carbons (Fsp3) is 1.00. The monoisotopic (exact) mass is 246 g/mol. The SMILES string of the molecule is ClCCl.O=[P+](O)O.O=[P+](O)O. The van der Waals surface area contributed by atoms with Gasteiger partial charge in [-0.2, -0.15) is 0 Å². The molecule has 0 aliphatic carbocycles. The molecule has 10 heteroatoms. The summed E-state index contributed by atoms with van der Waals surface area (Å²) in [6, 6.07) is 0. The fourth-order valence-corrected chi connectivity index (χ4v) is 0. The highest BCUT2D eigenvalue weighted by molar-refractivity contribution is 7.31. The van der Waals surface area contributed by atoms with Crippen molar-refractivity contribution >= 4 is 39.7 Å². The molecule has 0 bridgehead atoms. The van der Waals surface area contributed by atoms with Crippen molar-refractivity contribution in [1.82, 2.24) is 0 Å². The summed E-state index contributed by atoms with van der Waals surface area (Å²) in [4.78, 5) is 28.5. The van der Waals surface area contributed by atoms with E-state index in [-0.39, 0.29) is 5.34 Å². The van der Waals surface area contributed by atoms with E-state index in [0.717, 1.165) is 0 Å². The van der Waals surface area contributed by atoms with Gasteiger partial charge in [0.25, 0.3) is 0 Å². The average molecular weight is 247 g/mol. The zero-order valence-electron chi connectivity index (χ0n) is 4.96. The molecule has 0 radical (unpaired) electrons. The minimum absolute atomic E-state index is 0.194. The van der Waals surface area contributed by atoms with E-state index in [1.54, 1.807) is 0 Å². The lowest BCUT2D eigenvalue weighted by atomic mass is 11.9. The Hall–Kier alpha value is 0.620. The van der Waals surface area contributed by atoms with Gasteiger partial charge in [0.2, 0.25) is 0 Å². The van der Waals surface area contributed by atoms with Crippen molar-refractivity contribution in [2.45, 2.75) is 0 Å². The molecule has 0 saturated carbocycles. The van der Waals surface area contributed by atoms with Crippen LogP contribution in [0.5, 0.6) is 0 Å². The Balaban J connectivity index is -0.0000000886. The first-order chi connectivity index (χ1) is 4.88. The molecule has 0 atom stereocenters. The van der Waals surface area contributed by atoms with Crippen LogP contribution >= 0.6 is 39.7 Å². The van der Waals surface area contributed by atoms with Gasteiger partial charge in [-0.25, -0.2) is 0 Å². The molecule has 6 nitrogen and oxygen atoms in total. The molecule has 0 rings (SSSR count). The third-order valence-electron chi connectivity index (χ3n) is 0. The molecule has 0 aromatic carbocycles. The molecule has 0 unspecified atom stereocenters. The van der Waals surface area contributed by atoms with E-state index in [2.05, 4.69) is 0 Å². The summed E-state index contributed by atoms with van der Waals surface area (Å²) >= 11 is 9.53. The third-order valence-corrected chi connectivity index (χ3v) is 0. The topological polar surface area (TPSA) is 115 Å². The van der Waals surface area contributed by atoms with E-state index < -0.39 is 16.5 Å². The predicted octanol–water partition coefficient (Wildman–Crippen LogP) is 0.678. The third kappa shape index (κ3) is 2050. The van der Waals surface area contributed by atoms with E-state index >= 15 is 0 Å². The summed E-state index contributed by atoms with van der Waals surface area (Å²) in [5.41, 5.74) is 0. The molecule has 0 aromatic rings. The van der Waals surface area contributed by atoms with Crippen molar-refractivity contribution in [3.05, 3.63) is 0 Å². The summed E-state index contributed by atoms with van der Waals surface area (Å²) in [7, 11) is -5.74. The molecule has 0 heterocycles. The lowest BCUT2D eigenvalue weighted by Crippen LogP contribution is -1.38. The van der Waals surface area contributed by atoms with Gasteiger partial charge < -0.3 is 0 Å². The van der Waals surface area contributed by atoms with Gasteiger partial charge in [0.05, 0.1) is 5.34 Å². The quantitative estimate of drug-likeness (QED) is 0.369. The maximum absolute atomic E-state index is 8.70. The Kier molecular flexibility index (Phi) is 27.1. The van der Waals surface area contributed by atoms with Crippen LogP contribution in [-0.4, -0.2) is 24.9 Å². The Bertz CT molecular complexity index is 86.8. The van der Waals surface area contributed by atoms with Crippen LogP contribution in [0.25, 0.3) is 0 Å². The van der Waals surface area contributed by atoms with Gasteiger partial charge in [-0.05, 0) is 0 Å². The van der Waals surface area contributed by atoms with Crippen molar-refractivity contribution in [3.8, 4) is 0 Å². The van der Waals surface area contributed by atoms with Crippen LogP contribution in [0.1, 0.15) is 0 Å². The molecule has 4 N–H and O–H groups in total. The zero-order chi connectivity index (χ0) is 9.86. The summed E-state index contributed by atoms with van der Waals surface area (Å²) in [6.07, 6.45) is 0. The van der Waals surface area contributed by atoms with Crippen molar-refractivity contribution in [2.24, 2.45) is 0 Å². The van der Waals surface area contributed by atoms with Crippen LogP contribution in [0.15, 0.2) is 0 Å². The van der Waals surface area contributed by atoms with Crippen LogP contribution in [0, 0.1) is 0 Å². The summed E-state index contributed by atoms with van der Waals surface area (Å²) in [6.45, 7) is 0. The molecular weight excluding hydrogens is 241 g/mol. The molecule has 0 saturated heterocycles. The number of hydrogen-bond acceptors (Lipinski definition) is 2. The second-order valence-electron chi connectivity index (χ2n) is 0.606. The van der Waals surface area contributed by atoms with Crippen LogP contribution in [0.4, 0.5) is 0 Å². The van der Waals surface area contributed by atoms with Gasteiger partial charge in [-0.15, -0.1) is 42.8 Å². The number of hydrogen-bond donors (Lipinski definition) is 4. The molecule has 0 spiro atoms. The van der Waals surface area contributed by atoms with Crippen LogP contribution in [0.3, 0.4) is 0 Å². The first-order valence-electron chi connectivity index (χ1n) is 1.70. The summed E-state index contributed by atoms with van der Waals surface area (Å²) < 4.78 is 17.4. The van der Waals surface area contributed by atoms with Gasteiger partial charge in [0.1, 0.15) is 0 Å². The van der Waals surface area contributed by atoms with E-state index in [0.29, 0.717) is 0 Å². The molecule has 68 valence electrons. The zero-order valence-corrected chi connectivity index (χ0v) is 8.26. The van der Waals surface area contributed by atoms with E-state index in [1.165, 1.54) is 0 Å². The van der Waals surface area contributed by atoms with Crippen molar-refractivity contribution in [1.29, 1.82) is 0 Å².